The second kappa shape index (κ2) is 18.1. The molecule has 1 unspecified atom stereocenters. The highest BCUT2D eigenvalue weighted by molar-refractivity contribution is 6.10. The molecular weight excluding hydrogens is 977 g/mol. The van der Waals surface area contributed by atoms with Gasteiger partial charge in [0.15, 0.2) is 0 Å². The Bertz CT molecular complexity index is 3220. The summed E-state index contributed by atoms with van der Waals surface area (Å²) in [6.07, 6.45) is -10.8. The van der Waals surface area contributed by atoms with Crippen LogP contribution in [0.5, 0.6) is 11.5 Å². The maximum atomic E-state index is 16.4. The lowest BCUT2D eigenvalue weighted by atomic mass is 9.78. The summed E-state index contributed by atoms with van der Waals surface area (Å²) in [5, 5.41) is 2.27. The monoisotopic (exact) mass is 1010 g/mol. The number of nitrogens with zero attached hydrogens (tertiary/aromatic N) is 2. The molecule has 0 aliphatic carbocycles. The number of carbonyl (C=O) groups is 4. The summed E-state index contributed by atoms with van der Waals surface area (Å²) in [4.78, 5) is 55.8. The van der Waals surface area contributed by atoms with Crippen molar-refractivity contribution in [3.8, 4) is 11.5 Å². The number of rotatable bonds is 12. The van der Waals surface area contributed by atoms with Gasteiger partial charge in [0.05, 0.1) is 35.0 Å². The zero-order valence-electron chi connectivity index (χ0n) is 37.6. The molecule has 0 aromatic heterocycles. The standard InChI is InChI=1S/C51H36F12N4O5/c1-48(2)34-13-11-25(50(58,59)60)15-42(34)66(46(48)70)23-32-33(51(61,62)63)7-5-9-43(32)72-27-18-39(56)29(40(57)19-27)20-49(3)35-12-10-24(45(69)65-21-30-37(54)16-26(52)17-38(30)55)14-41(35)67(47(49)71)22-31-28(44(64)68)6-4-8-36(31)53/h4-19H,20-23H2,1-3H3,(H2,64,68)(H,65,69). The molecule has 4 amide bonds. The molecule has 2 heterocycles. The predicted octanol–water partition coefficient (Wildman–Crippen LogP) is 11.3. The van der Waals surface area contributed by atoms with Crippen molar-refractivity contribution in [2.75, 3.05) is 9.80 Å². The second-order valence-electron chi connectivity index (χ2n) is 17.8. The third kappa shape index (κ3) is 9.06. The molecule has 0 saturated carbocycles. The van der Waals surface area contributed by atoms with Crippen molar-refractivity contribution in [3.63, 3.8) is 0 Å². The first-order valence-electron chi connectivity index (χ1n) is 21.5. The van der Waals surface area contributed by atoms with E-state index < -0.39 is 147 Å². The van der Waals surface area contributed by atoms with Crippen LogP contribution in [0.3, 0.4) is 0 Å². The van der Waals surface area contributed by atoms with Gasteiger partial charge in [-0.05, 0) is 86.8 Å². The largest absolute Gasteiger partial charge is 0.457 e. The summed E-state index contributed by atoms with van der Waals surface area (Å²) in [6, 6.07) is 13.8. The van der Waals surface area contributed by atoms with Gasteiger partial charge in [-0.2, -0.15) is 26.3 Å². The summed E-state index contributed by atoms with van der Waals surface area (Å²) in [7, 11) is 0. The Balaban J connectivity index is 1.14. The highest BCUT2D eigenvalue weighted by atomic mass is 19.4. The van der Waals surface area contributed by atoms with E-state index in [4.69, 9.17) is 10.5 Å². The van der Waals surface area contributed by atoms with E-state index in [-0.39, 0.29) is 39.2 Å². The van der Waals surface area contributed by atoms with E-state index in [0.29, 0.717) is 36.4 Å². The Morgan fingerprint density at radius 1 is 0.625 bits per heavy atom. The average molecular weight is 1010 g/mol. The number of hydrogen-bond donors (Lipinski definition) is 2. The first-order valence-corrected chi connectivity index (χ1v) is 21.5. The van der Waals surface area contributed by atoms with Crippen molar-refractivity contribution in [1.29, 1.82) is 0 Å². The minimum Gasteiger partial charge on any atom is -0.457 e. The van der Waals surface area contributed by atoms with Crippen LogP contribution in [-0.4, -0.2) is 23.6 Å². The fourth-order valence-corrected chi connectivity index (χ4v) is 9.05. The van der Waals surface area contributed by atoms with Crippen LogP contribution in [0.25, 0.3) is 0 Å². The summed E-state index contributed by atoms with van der Waals surface area (Å²) in [5.74, 6) is -12.8. The maximum absolute atomic E-state index is 16.4. The van der Waals surface area contributed by atoms with Crippen molar-refractivity contribution < 1.29 is 76.6 Å². The van der Waals surface area contributed by atoms with E-state index in [2.05, 4.69) is 5.32 Å². The van der Waals surface area contributed by atoms with Crippen molar-refractivity contribution in [3.05, 3.63) is 188 Å². The Kier molecular flexibility index (Phi) is 12.7. The number of benzene rings is 6. The van der Waals surface area contributed by atoms with Gasteiger partial charge in [0, 0.05) is 75.6 Å². The molecule has 6 aromatic rings. The summed E-state index contributed by atoms with van der Waals surface area (Å²) in [6.45, 7) is 1.53. The number of nitrogens with two attached hydrogens (primary N) is 1. The molecule has 2 aliphatic rings. The number of ether oxygens (including phenoxy) is 1. The van der Waals surface area contributed by atoms with Gasteiger partial charge >= 0.3 is 12.4 Å². The number of hydrogen-bond acceptors (Lipinski definition) is 5. The highest BCUT2D eigenvalue weighted by Gasteiger charge is 2.50. The predicted molar refractivity (Wildman–Crippen MR) is 235 cm³/mol. The van der Waals surface area contributed by atoms with E-state index in [1.807, 2.05) is 0 Å². The number of fused-ring (bicyclic) bond motifs is 2. The quantitative estimate of drug-likeness (QED) is 0.118. The molecule has 3 N–H and O–H groups in total. The van der Waals surface area contributed by atoms with E-state index in [1.165, 1.54) is 45.0 Å². The van der Waals surface area contributed by atoms with Crippen LogP contribution in [-0.2, 0) is 58.8 Å². The first-order chi connectivity index (χ1) is 33.6. The molecule has 6 aromatic carbocycles. The van der Waals surface area contributed by atoms with Crippen molar-refractivity contribution in [2.45, 2.75) is 70.0 Å². The van der Waals surface area contributed by atoms with Gasteiger partial charge in [-0.25, -0.2) is 26.3 Å². The average Bonchev–Trinajstić information content (AvgIpc) is 3.61. The van der Waals surface area contributed by atoms with Crippen molar-refractivity contribution in [2.24, 2.45) is 5.73 Å². The lowest BCUT2D eigenvalue weighted by Crippen LogP contribution is -2.40. The Morgan fingerprint density at radius 3 is 1.83 bits per heavy atom. The molecule has 0 spiro atoms. The number of primary amides is 1. The van der Waals surface area contributed by atoms with Crippen LogP contribution in [0.4, 0.5) is 64.1 Å². The highest BCUT2D eigenvalue weighted by Crippen LogP contribution is 2.49. The molecule has 21 heteroatoms. The normalized spacial score (nSPS) is 16.3. The summed E-state index contributed by atoms with van der Waals surface area (Å²) in [5.41, 5.74) is -4.09. The number of amides is 4. The second-order valence-corrected chi connectivity index (χ2v) is 17.8. The van der Waals surface area contributed by atoms with Crippen LogP contribution in [0.1, 0.15) is 86.0 Å². The molecule has 9 nitrogen and oxygen atoms in total. The zero-order valence-corrected chi connectivity index (χ0v) is 37.6. The molecule has 0 fully saturated rings. The van der Waals surface area contributed by atoms with E-state index >= 15 is 13.2 Å². The number of nitrogens with one attached hydrogen (secondary N) is 1. The van der Waals surface area contributed by atoms with Gasteiger partial charge in [-0.3, -0.25) is 19.2 Å². The fourth-order valence-electron chi connectivity index (χ4n) is 9.05. The fraction of sp³-hybridized carbons (Fsp3) is 0.216. The molecule has 8 rings (SSSR count). The molecule has 72 heavy (non-hydrogen) atoms. The topological polar surface area (TPSA) is 122 Å². The molecule has 1 atom stereocenters. The van der Waals surface area contributed by atoms with Gasteiger partial charge in [0.25, 0.3) is 5.91 Å². The minimum atomic E-state index is -5.14. The van der Waals surface area contributed by atoms with Gasteiger partial charge in [-0.1, -0.05) is 24.3 Å². The number of alkyl halides is 6. The van der Waals surface area contributed by atoms with Gasteiger partial charge in [0.1, 0.15) is 46.4 Å². The zero-order chi connectivity index (χ0) is 52.6. The first kappa shape index (κ1) is 50.5. The third-order valence-electron chi connectivity index (χ3n) is 12.8. The molecule has 0 bridgehead atoms. The van der Waals surface area contributed by atoms with E-state index in [0.717, 1.165) is 46.2 Å². The summed E-state index contributed by atoms with van der Waals surface area (Å²) < 4.78 is 181. The van der Waals surface area contributed by atoms with Crippen LogP contribution < -0.4 is 25.6 Å². The number of halogens is 12. The van der Waals surface area contributed by atoms with Crippen LogP contribution >= 0.6 is 0 Å². The molecule has 0 radical (unpaired) electrons. The minimum absolute atomic E-state index is 0.00735. The SMILES string of the molecule is CC1(C)C(=O)N(Cc2c(Oc3cc(F)c(CC4(C)C(=O)N(Cc5c(F)cccc5C(N)=O)c5cc(C(=O)NCc6c(F)cc(F)cc6F)ccc54)c(F)c3)cccc2C(F)(F)F)c2cc(C(F)(F)F)ccc21. The van der Waals surface area contributed by atoms with Gasteiger partial charge in [0.2, 0.25) is 17.7 Å². The number of anilines is 2. The Labute approximate surface area is 400 Å². The van der Waals surface area contributed by atoms with Crippen LogP contribution in [0, 0.1) is 34.9 Å². The number of carbonyl (C=O) groups excluding carboxylic acids is 4. The Hall–Kier alpha value is -7.84. The van der Waals surface area contributed by atoms with E-state index in [1.54, 1.807) is 0 Å². The summed E-state index contributed by atoms with van der Waals surface area (Å²) >= 11 is 0. The smallest absolute Gasteiger partial charge is 0.416 e. The van der Waals surface area contributed by atoms with Gasteiger partial charge < -0.3 is 25.6 Å². The van der Waals surface area contributed by atoms with E-state index in [9.17, 15) is 58.7 Å². The molecule has 0 saturated heterocycles. The maximum Gasteiger partial charge on any atom is 0.416 e. The van der Waals surface area contributed by atoms with Crippen LogP contribution in [0.2, 0.25) is 0 Å². The van der Waals surface area contributed by atoms with Gasteiger partial charge in [-0.15, -0.1) is 0 Å². The molecule has 374 valence electrons. The Morgan fingerprint density at radius 2 is 1.21 bits per heavy atom. The lowest BCUT2D eigenvalue weighted by molar-refractivity contribution is -0.138. The van der Waals surface area contributed by atoms with Crippen molar-refractivity contribution >= 4 is 35.0 Å². The van der Waals surface area contributed by atoms with Crippen LogP contribution in [0.15, 0.2) is 97.1 Å². The molecule has 2 aliphatic heterocycles. The molecular formula is C51H36F12N4O5. The third-order valence-corrected chi connectivity index (χ3v) is 12.8. The lowest BCUT2D eigenvalue weighted by Gasteiger charge is -2.26. The van der Waals surface area contributed by atoms with Crippen molar-refractivity contribution in [1.82, 2.24) is 5.32 Å².